The molecule has 1 aromatic rings. The summed E-state index contributed by atoms with van der Waals surface area (Å²) in [4.78, 5) is 16.1. The Bertz CT molecular complexity index is 475. The zero-order chi connectivity index (χ0) is 14.9. The monoisotopic (exact) mass is 294 g/mol. The van der Waals surface area contributed by atoms with Crippen molar-refractivity contribution >= 4 is 17.2 Å². The Kier molecular flexibility index (Phi) is 4.55. The van der Waals surface area contributed by atoms with E-state index in [0.717, 1.165) is 19.4 Å². The molecule has 2 rings (SSSR count). The molecule has 1 aliphatic heterocycles. The summed E-state index contributed by atoms with van der Waals surface area (Å²) < 4.78 is 0. The van der Waals surface area contributed by atoms with Crippen LogP contribution in [0.25, 0.3) is 0 Å². The van der Waals surface area contributed by atoms with Gasteiger partial charge >= 0.3 is 0 Å². The molecule has 1 amide bonds. The third-order valence-corrected chi connectivity index (χ3v) is 5.31. The van der Waals surface area contributed by atoms with Crippen LogP contribution >= 0.6 is 11.3 Å². The van der Waals surface area contributed by atoms with Crippen LogP contribution in [0.15, 0.2) is 11.4 Å². The zero-order valence-corrected chi connectivity index (χ0v) is 13.8. The van der Waals surface area contributed by atoms with Gasteiger partial charge in [0.2, 0.25) is 5.91 Å². The lowest BCUT2D eigenvalue weighted by Gasteiger charge is -2.37. The lowest BCUT2D eigenvalue weighted by molar-refractivity contribution is -0.135. The highest BCUT2D eigenvalue weighted by molar-refractivity contribution is 7.10. The first-order chi connectivity index (χ1) is 9.34. The summed E-state index contributed by atoms with van der Waals surface area (Å²) >= 11 is 1.81. The highest BCUT2D eigenvalue weighted by Gasteiger charge is 2.32. The number of amides is 1. The van der Waals surface area contributed by atoms with Gasteiger partial charge in [0.05, 0.1) is 6.04 Å². The largest absolute Gasteiger partial charge is 0.335 e. The highest BCUT2D eigenvalue weighted by Crippen LogP contribution is 2.36. The van der Waals surface area contributed by atoms with Gasteiger partial charge in [0.15, 0.2) is 0 Å². The Labute approximate surface area is 126 Å². The van der Waals surface area contributed by atoms with Gasteiger partial charge in [-0.1, -0.05) is 27.7 Å². The highest BCUT2D eigenvalue weighted by atomic mass is 32.1. The van der Waals surface area contributed by atoms with Gasteiger partial charge in [-0.2, -0.15) is 0 Å². The molecule has 2 N–H and O–H groups in total. The third kappa shape index (κ3) is 3.07. The van der Waals surface area contributed by atoms with Gasteiger partial charge in [-0.15, -0.1) is 11.3 Å². The first kappa shape index (κ1) is 15.5. The Hall–Kier alpha value is -0.870. The number of carbonyl (C=O) groups excluding carboxylic acids is 1. The maximum Gasteiger partial charge on any atom is 0.224 e. The summed E-state index contributed by atoms with van der Waals surface area (Å²) in [5.41, 5.74) is 7.50. The second kappa shape index (κ2) is 5.86. The molecule has 0 saturated heterocycles. The lowest BCUT2D eigenvalue weighted by atomic mass is 9.85. The molecule has 2 heterocycles. The van der Waals surface area contributed by atoms with Gasteiger partial charge in [0.1, 0.15) is 0 Å². The minimum absolute atomic E-state index is 0.0271. The number of carbonyl (C=O) groups is 1. The molecule has 0 aromatic carbocycles. The third-order valence-electron chi connectivity index (χ3n) is 4.31. The average Bonchev–Trinajstić information content (AvgIpc) is 2.84. The van der Waals surface area contributed by atoms with E-state index in [1.54, 1.807) is 0 Å². The van der Waals surface area contributed by atoms with Crippen LogP contribution in [0, 0.1) is 5.41 Å². The maximum absolute atomic E-state index is 12.6. The van der Waals surface area contributed by atoms with Gasteiger partial charge in [0, 0.05) is 23.9 Å². The zero-order valence-electron chi connectivity index (χ0n) is 13.0. The van der Waals surface area contributed by atoms with Crippen LogP contribution in [0.2, 0.25) is 0 Å². The molecule has 1 aliphatic rings. The summed E-state index contributed by atoms with van der Waals surface area (Å²) in [5.74, 6) is 0.205. The van der Waals surface area contributed by atoms with Crippen LogP contribution < -0.4 is 5.73 Å². The van der Waals surface area contributed by atoms with Crippen LogP contribution in [0.4, 0.5) is 0 Å². The van der Waals surface area contributed by atoms with E-state index in [2.05, 4.69) is 39.1 Å². The second-order valence-electron chi connectivity index (χ2n) is 6.74. The van der Waals surface area contributed by atoms with Crippen molar-refractivity contribution in [1.29, 1.82) is 0 Å². The van der Waals surface area contributed by atoms with Crippen LogP contribution in [0.5, 0.6) is 0 Å². The molecule has 2 atom stereocenters. The first-order valence-corrected chi connectivity index (χ1v) is 8.34. The number of nitrogens with zero attached hydrogens (tertiary/aromatic N) is 1. The normalized spacial score (nSPS) is 20.6. The summed E-state index contributed by atoms with van der Waals surface area (Å²) in [6.07, 6.45) is 2.40. The van der Waals surface area contributed by atoms with Crippen molar-refractivity contribution in [2.75, 3.05) is 6.54 Å². The molecule has 3 nitrogen and oxygen atoms in total. The van der Waals surface area contributed by atoms with E-state index >= 15 is 0 Å². The van der Waals surface area contributed by atoms with Crippen LogP contribution in [0.3, 0.4) is 0 Å². The molecule has 20 heavy (non-hydrogen) atoms. The van der Waals surface area contributed by atoms with Gasteiger partial charge in [-0.3, -0.25) is 4.79 Å². The molecule has 0 spiro atoms. The van der Waals surface area contributed by atoms with E-state index < -0.39 is 0 Å². The fraction of sp³-hybridized carbons (Fsp3) is 0.688. The minimum Gasteiger partial charge on any atom is -0.335 e. The standard InChI is InChI=1S/C16H26N2OS/c1-5-12-11-7-9-20-13(11)6-8-18(12)15(19)10-14(17)16(2,3)4/h7,9,12,14H,5-6,8,10,17H2,1-4H3. The first-order valence-electron chi connectivity index (χ1n) is 7.46. The second-order valence-corrected chi connectivity index (χ2v) is 7.74. The Morgan fingerprint density at radius 2 is 2.25 bits per heavy atom. The van der Waals surface area contributed by atoms with E-state index in [0.29, 0.717) is 6.42 Å². The van der Waals surface area contributed by atoms with Crippen LogP contribution in [0.1, 0.15) is 57.0 Å². The minimum atomic E-state index is -0.0867. The van der Waals surface area contributed by atoms with Crippen molar-refractivity contribution in [1.82, 2.24) is 4.90 Å². The molecular formula is C16H26N2OS. The van der Waals surface area contributed by atoms with Crippen molar-refractivity contribution in [2.45, 2.75) is 59.0 Å². The van der Waals surface area contributed by atoms with E-state index in [9.17, 15) is 4.79 Å². The van der Waals surface area contributed by atoms with Crippen molar-refractivity contribution in [2.24, 2.45) is 11.1 Å². The molecule has 0 radical (unpaired) electrons. The van der Waals surface area contributed by atoms with E-state index in [-0.39, 0.29) is 23.4 Å². The van der Waals surface area contributed by atoms with Gasteiger partial charge in [-0.05, 0) is 35.3 Å². The molecule has 1 aromatic heterocycles. The number of thiophene rings is 1. The number of nitrogens with two attached hydrogens (primary N) is 1. The average molecular weight is 294 g/mol. The summed E-state index contributed by atoms with van der Waals surface area (Å²) in [5, 5.41) is 2.14. The predicted molar refractivity (Wildman–Crippen MR) is 84.8 cm³/mol. The van der Waals surface area contributed by atoms with Gasteiger partial charge in [-0.25, -0.2) is 0 Å². The number of fused-ring (bicyclic) bond motifs is 1. The van der Waals surface area contributed by atoms with Gasteiger partial charge in [0.25, 0.3) is 0 Å². The van der Waals surface area contributed by atoms with Gasteiger partial charge < -0.3 is 10.6 Å². The van der Waals surface area contributed by atoms with E-state index in [1.165, 1.54) is 10.4 Å². The summed E-state index contributed by atoms with van der Waals surface area (Å²) in [7, 11) is 0. The molecular weight excluding hydrogens is 268 g/mol. The lowest BCUT2D eigenvalue weighted by Crippen LogP contribution is -2.44. The topological polar surface area (TPSA) is 46.3 Å². The SMILES string of the molecule is CCC1c2ccsc2CCN1C(=O)CC(N)C(C)(C)C. The van der Waals surface area contributed by atoms with Crippen LogP contribution in [-0.2, 0) is 11.2 Å². The van der Waals surface area contributed by atoms with Crippen molar-refractivity contribution < 1.29 is 4.79 Å². The molecule has 112 valence electrons. The van der Waals surface area contributed by atoms with Crippen molar-refractivity contribution in [3.63, 3.8) is 0 Å². The van der Waals surface area contributed by atoms with E-state index in [4.69, 9.17) is 5.73 Å². The van der Waals surface area contributed by atoms with E-state index in [1.807, 2.05) is 16.2 Å². The quantitative estimate of drug-likeness (QED) is 0.929. The summed E-state index contributed by atoms with van der Waals surface area (Å²) in [6, 6.07) is 2.33. The molecule has 0 bridgehead atoms. The smallest absolute Gasteiger partial charge is 0.224 e. The molecule has 0 saturated carbocycles. The maximum atomic E-state index is 12.6. The van der Waals surface area contributed by atoms with Crippen molar-refractivity contribution in [3.05, 3.63) is 21.9 Å². The number of rotatable bonds is 3. The fourth-order valence-electron chi connectivity index (χ4n) is 2.75. The molecule has 0 fully saturated rings. The number of hydrogen-bond acceptors (Lipinski definition) is 3. The van der Waals surface area contributed by atoms with Crippen LogP contribution in [-0.4, -0.2) is 23.4 Å². The Balaban J connectivity index is 2.11. The van der Waals surface area contributed by atoms with Crippen molar-refractivity contribution in [3.8, 4) is 0 Å². The molecule has 2 unspecified atom stereocenters. The Morgan fingerprint density at radius 3 is 2.85 bits per heavy atom. The Morgan fingerprint density at radius 1 is 1.55 bits per heavy atom. The molecule has 4 heteroatoms. The summed E-state index contributed by atoms with van der Waals surface area (Å²) in [6.45, 7) is 9.27. The molecule has 0 aliphatic carbocycles. The predicted octanol–water partition coefficient (Wildman–Crippen LogP) is 3.35. The number of hydrogen-bond donors (Lipinski definition) is 1. The fourth-order valence-corrected chi connectivity index (χ4v) is 3.67.